The molecule has 29 heavy (non-hydrogen) atoms. The van der Waals surface area contributed by atoms with Crippen LogP contribution in [0.3, 0.4) is 0 Å². The summed E-state index contributed by atoms with van der Waals surface area (Å²) in [6.45, 7) is 1.77. The Balaban J connectivity index is 1.51. The second kappa shape index (κ2) is 8.90. The van der Waals surface area contributed by atoms with E-state index < -0.39 is 0 Å². The molecule has 2 N–H and O–H groups in total. The van der Waals surface area contributed by atoms with Gasteiger partial charge in [-0.3, -0.25) is 4.79 Å². The van der Waals surface area contributed by atoms with Crippen molar-refractivity contribution in [1.29, 1.82) is 0 Å². The highest BCUT2D eigenvalue weighted by molar-refractivity contribution is 9.10. The molecule has 1 amide bonds. The standard InChI is InChI=1S/C21H20BrCl2N3OS/c1-27-6-2-3-12(27)11-25-21(28)20-10-15-16(22)7-14(9-19(15)26-20)29-13-4-5-17(23)18(24)8-13/h4-5,7-10,12,26H,2-3,6,11H2,1H3,(H,25,28)/t12-/m1/s1. The molecule has 152 valence electrons. The molecule has 1 aliphatic heterocycles. The van der Waals surface area contributed by atoms with Crippen molar-refractivity contribution < 1.29 is 4.79 Å². The highest BCUT2D eigenvalue weighted by atomic mass is 79.9. The number of hydrogen-bond donors (Lipinski definition) is 2. The summed E-state index contributed by atoms with van der Waals surface area (Å²) >= 11 is 17.3. The lowest BCUT2D eigenvalue weighted by molar-refractivity contribution is 0.0939. The van der Waals surface area contributed by atoms with Crippen molar-refractivity contribution in [1.82, 2.24) is 15.2 Å². The molecule has 0 spiro atoms. The highest BCUT2D eigenvalue weighted by Crippen LogP contribution is 2.36. The quantitative estimate of drug-likeness (QED) is 0.427. The zero-order valence-corrected chi connectivity index (χ0v) is 19.7. The Kier molecular flexibility index (Phi) is 6.47. The average Bonchev–Trinajstić information content (AvgIpc) is 3.29. The number of hydrogen-bond acceptors (Lipinski definition) is 3. The zero-order chi connectivity index (χ0) is 20.5. The minimum atomic E-state index is -0.0768. The molecule has 1 atom stereocenters. The van der Waals surface area contributed by atoms with E-state index in [1.807, 2.05) is 30.3 Å². The van der Waals surface area contributed by atoms with E-state index in [1.165, 1.54) is 6.42 Å². The van der Waals surface area contributed by atoms with Crippen LogP contribution in [0.2, 0.25) is 10.0 Å². The lowest BCUT2D eigenvalue weighted by Crippen LogP contribution is -2.38. The first-order valence-corrected chi connectivity index (χ1v) is 11.7. The van der Waals surface area contributed by atoms with Gasteiger partial charge in [-0.1, -0.05) is 50.9 Å². The van der Waals surface area contributed by atoms with Gasteiger partial charge in [0.05, 0.1) is 10.0 Å². The van der Waals surface area contributed by atoms with Crippen LogP contribution in [0.4, 0.5) is 0 Å². The summed E-state index contributed by atoms with van der Waals surface area (Å²) in [4.78, 5) is 20.2. The molecular formula is C21H20BrCl2N3OS. The summed E-state index contributed by atoms with van der Waals surface area (Å²) in [6, 6.07) is 12.0. The number of halogens is 3. The van der Waals surface area contributed by atoms with Gasteiger partial charge in [0.25, 0.3) is 5.91 Å². The second-order valence-electron chi connectivity index (χ2n) is 7.21. The Morgan fingerprint density at radius 2 is 2.07 bits per heavy atom. The monoisotopic (exact) mass is 511 g/mol. The summed E-state index contributed by atoms with van der Waals surface area (Å²) in [6.07, 6.45) is 2.32. The van der Waals surface area contributed by atoms with Crippen LogP contribution >= 0.6 is 50.9 Å². The summed E-state index contributed by atoms with van der Waals surface area (Å²) < 4.78 is 0.934. The Labute approximate surface area is 192 Å². The van der Waals surface area contributed by atoms with E-state index in [-0.39, 0.29) is 5.91 Å². The number of nitrogens with one attached hydrogen (secondary N) is 2. The highest BCUT2D eigenvalue weighted by Gasteiger charge is 2.22. The van der Waals surface area contributed by atoms with Crippen LogP contribution < -0.4 is 5.32 Å². The fourth-order valence-corrected chi connectivity index (χ4v) is 5.60. The maximum atomic E-state index is 12.6. The van der Waals surface area contributed by atoms with Crippen LogP contribution in [0.5, 0.6) is 0 Å². The molecule has 4 nitrogen and oxygen atoms in total. The molecule has 0 radical (unpaired) electrons. The average molecular weight is 513 g/mol. The third kappa shape index (κ3) is 4.78. The molecule has 1 fully saturated rings. The molecule has 0 bridgehead atoms. The summed E-state index contributed by atoms with van der Waals surface area (Å²) in [5.74, 6) is -0.0768. The van der Waals surface area contributed by atoms with Gasteiger partial charge >= 0.3 is 0 Å². The van der Waals surface area contributed by atoms with Crippen LogP contribution in [0.1, 0.15) is 23.3 Å². The largest absolute Gasteiger partial charge is 0.350 e. The molecule has 3 aromatic rings. The molecule has 1 aromatic heterocycles. The molecule has 2 aromatic carbocycles. The predicted molar refractivity (Wildman–Crippen MR) is 125 cm³/mol. The van der Waals surface area contributed by atoms with Gasteiger partial charge < -0.3 is 15.2 Å². The number of benzene rings is 2. The normalized spacial score (nSPS) is 17.2. The molecule has 1 saturated heterocycles. The van der Waals surface area contributed by atoms with Crippen molar-refractivity contribution in [3.8, 4) is 0 Å². The first kappa shape index (κ1) is 21.1. The number of fused-ring (bicyclic) bond motifs is 1. The Hall–Kier alpha value is -1.18. The van der Waals surface area contributed by atoms with E-state index in [0.29, 0.717) is 28.3 Å². The molecule has 0 unspecified atom stereocenters. The molecule has 4 rings (SSSR count). The molecule has 8 heteroatoms. The van der Waals surface area contributed by atoms with Crippen molar-refractivity contribution in [3.63, 3.8) is 0 Å². The van der Waals surface area contributed by atoms with Gasteiger partial charge in [-0.15, -0.1) is 0 Å². The number of nitrogens with zero attached hydrogens (tertiary/aromatic N) is 1. The number of amides is 1. The van der Waals surface area contributed by atoms with E-state index in [9.17, 15) is 4.79 Å². The fraction of sp³-hybridized carbons (Fsp3) is 0.286. The Morgan fingerprint density at radius 1 is 1.24 bits per heavy atom. The number of carbonyl (C=O) groups excluding carboxylic acids is 1. The van der Waals surface area contributed by atoms with Crippen molar-refractivity contribution >= 4 is 67.7 Å². The van der Waals surface area contributed by atoms with Gasteiger partial charge in [0.15, 0.2) is 0 Å². The number of likely N-dealkylation sites (tertiary alicyclic amines) is 1. The number of H-pyrrole nitrogens is 1. The van der Waals surface area contributed by atoms with Gasteiger partial charge in [0.1, 0.15) is 5.69 Å². The van der Waals surface area contributed by atoms with Crippen LogP contribution in [0.15, 0.2) is 50.7 Å². The molecular weight excluding hydrogens is 493 g/mol. The van der Waals surface area contributed by atoms with Crippen molar-refractivity contribution in [2.24, 2.45) is 0 Å². The summed E-state index contributed by atoms with van der Waals surface area (Å²) in [7, 11) is 2.11. The van der Waals surface area contributed by atoms with Crippen LogP contribution in [0, 0.1) is 0 Å². The van der Waals surface area contributed by atoms with Gasteiger partial charge in [0.2, 0.25) is 0 Å². The van der Waals surface area contributed by atoms with Gasteiger partial charge in [0, 0.05) is 37.8 Å². The minimum Gasteiger partial charge on any atom is -0.350 e. The van der Waals surface area contributed by atoms with E-state index in [2.05, 4.69) is 38.2 Å². The summed E-state index contributed by atoms with van der Waals surface area (Å²) in [5.41, 5.74) is 1.48. The van der Waals surface area contributed by atoms with E-state index in [1.54, 1.807) is 17.8 Å². The third-order valence-corrected chi connectivity index (χ3v) is 7.56. The third-order valence-electron chi connectivity index (χ3n) is 5.20. The van der Waals surface area contributed by atoms with Gasteiger partial charge in [-0.05, 0) is 62.8 Å². The zero-order valence-electron chi connectivity index (χ0n) is 15.8. The minimum absolute atomic E-state index is 0.0768. The van der Waals surface area contributed by atoms with Crippen LogP contribution in [0.25, 0.3) is 10.9 Å². The summed E-state index contributed by atoms with van der Waals surface area (Å²) in [5, 5.41) is 5.11. The number of rotatable bonds is 5. The Morgan fingerprint density at radius 3 is 2.79 bits per heavy atom. The fourth-order valence-electron chi connectivity index (χ4n) is 3.57. The molecule has 0 saturated carbocycles. The maximum Gasteiger partial charge on any atom is 0.267 e. The van der Waals surface area contributed by atoms with E-state index >= 15 is 0 Å². The first-order valence-electron chi connectivity index (χ1n) is 9.34. The number of aromatic amines is 1. The van der Waals surface area contributed by atoms with Gasteiger partial charge in [-0.2, -0.15) is 0 Å². The number of likely N-dealkylation sites (N-methyl/N-ethyl adjacent to an activating group) is 1. The van der Waals surface area contributed by atoms with Crippen molar-refractivity contribution in [2.45, 2.75) is 28.7 Å². The van der Waals surface area contributed by atoms with Crippen LogP contribution in [-0.2, 0) is 0 Å². The number of carbonyl (C=O) groups is 1. The molecule has 2 heterocycles. The predicted octanol–water partition coefficient (Wildman–Crippen LogP) is 6.21. The van der Waals surface area contributed by atoms with Crippen molar-refractivity contribution in [2.75, 3.05) is 20.1 Å². The smallest absolute Gasteiger partial charge is 0.267 e. The molecule has 0 aliphatic carbocycles. The topological polar surface area (TPSA) is 48.1 Å². The van der Waals surface area contributed by atoms with Crippen LogP contribution in [-0.4, -0.2) is 42.0 Å². The Bertz CT molecular complexity index is 1070. The molecule has 1 aliphatic rings. The van der Waals surface area contributed by atoms with E-state index in [4.69, 9.17) is 23.2 Å². The second-order valence-corrected chi connectivity index (χ2v) is 10.0. The number of aromatic nitrogens is 1. The lowest BCUT2D eigenvalue weighted by atomic mass is 10.2. The first-order chi connectivity index (χ1) is 13.9. The van der Waals surface area contributed by atoms with Gasteiger partial charge in [-0.25, -0.2) is 0 Å². The van der Waals surface area contributed by atoms with E-state index in [0.717, 1.165) is 38.1 Å². The maximum absolute atomic E-state index is 12.6. The lowest BCUT2D eigenvalue weighted by Gasteiger charge is -2.19. The van der Waals surface area contributed by atoms with Crippen molar-refractivity contribution in [3.05, 3.63) is 56.6 Å². The SMILES string of the molecule is CN1CCC[C@@H]1CNC(=O)c1cc2c(Br)cc(Sc3ccc(Cl)c(Cl)c3)cc2[nH]1.